The Hall–Kier alpha value is -3.37. The molecule has 0 unspecified atom stereocenters. The lowest BCUT2D eigenvalue weighted by molar-refractivity contribution is -0.113. The number of rotatable bonds is 7. The van der Waals surface area contributed by atoms with E-state index >= 15 is 0 Å². The van der Waals surface area contributed by atoms with Crippen LogP contribution in [0.2, 0.25) is 0 Å². The lowest BCUT2D eigenvalue weighted by atomic mass is 10.3. The second-order valence-corrected chi connectivity index (χ2v) is 9.50. The summed E-state index contributed by atoms with van der Waals surface area (Å²) in [5.74, 6) is -0.167. The number of carbonyl (C=O) groups is 1. The third-order valence-electron chi connectivity index (χ3n) is 4.51. The van der Waals surface area contributed by atoms with E-state index in [4.69, 9.17) is 0 Å². The number of aromatic nitrogens is 3. The zero-order valence-corrected chi connectivity index (χ0v) is 18.2. The molecule has 0 aliphatic heterocycles. The summed E-state index contributed by atoms with van der Waals surface area (Å²) in [6, 6.07) is 20.5. The minimum absolute atomic E-state index is 0.0905. The number of amides is 1. The van der Waals surface area contributed by atoms with Crippen LogP contribution in [0.5, 0.6) is 0 Å². The van der Waals surface area contributed by atoms with Gasteiger partial charge in [0.25, 0.3) is 10.0 Å². The van der Waals surface area contributed by atoms with Crippen molar-refractivity contribution in [2.75, 3.05) is 22.4 Å². The normalized spacial score (nSPS) is 11.4. The van der Waals surface area contributed by atoms with Gasteiger partial charge in [-0.15, -0.1) is 10.2 Å². The fourth-order valence-electron chi connectivity index (χ4n) is 2.91. The van der Waals surface area contributed by atoms with Crippen LogP contribution in [0.3, 0.4) is 0 Å². The number of pyridine rings is 1. The summed E-state index contributed by atoms with van der Waals surface area (Å²) in [5, 5.41) is 11.5. The Morgan fingerprint density at radius 3 is 2.61 bits per heavy atom. The van der Waals surface area contributed by atoms with Crippen molar-refractivity contribution in [1.82, 2.24) is 14.6 Å². The molecule has 0 bridgehead atoms. The van der Waals surface area contributed by atoms with Gasteiger partial charge in [0.05, 0.1) is 16.3 Å². The first-order chi connectivity index (χ1) is 14.9. The fourth-order valence-corrected chi connectivity index (χ4v) is 4.88. The zero-order chi connectivity index (χ0) is 21.8. The number of hydrogen-bond acceptors (Lipinski definition) is 6. The molecule has 1 N–H and O–H groups in total. The summed E-state index contributed by atoms with van der Waals surface area (Å²) < 4.78 is 28.9. The molecule has 0 spiro atoms. The minimum atomic E-state index is -3.77. The zero-order valence-electron chi connectivity index (χ0n) is 16.5. The van der Waals surface area contributed by atoms with Crippen molar-refractivity contribution in [1.29, 1.82) is 0 Å². The van der Waals surface area contributed by atoms with E-state index in [0.717, 1.165) is 0 Å². The van der Waals surface area contributed by atoms with Gasteiger partial charge in [0.15, 0.2) is 10.8 Å². The molecular formula is C21H19N5O3S2. The van der Waals surface area contributed by atoms with Crippen molar-refractivity contribution >= 4 is 44.7 Å². The highest BCUT2D eigenvalue weighted by Gasteiger charge is 2.21. The molecule has 158 valence electrons. The van der Waals surface area contributed by atoms with Crippen molar-refractivity contribution in [3.8, 4) is 0 Å². The molecule has 0 aliphatic carbocycles. The Bertz CT molecular complexity index is 1320. The minimum Gasteiger partial charge on any atom is -0.325 e. The van der Waals surface area contributed by atoms with E-state index in [0.29, 0.717) is 22.2 Å². The smallest absolute Gasteiger partial charge is 0.264 e. The molecule has 8 nitrogen and oxygen atoms in total. The third kappa shape index (κ3) is 4.54. The van der Waals surface area contributed by atoms with Gasteiger partial charge < -0.3 is 5.32 Å². The molecule has 1 amide bonds. The Labute approximate surface area is 184 Å². The van der Waals surface area contributed by atoms with Crippen LogP contribution in [-0.2, 0) is 14.8 Å². The van der Waals surface area contributed by atoms with Crippen LogP contribution in [0.1, 0.15) is 0 Å². The van der Waals surface area contributed by atoms with E-state index in [1.54, 1.807) is 40.8 Å². The molecule has 0 fully saturated rings. The molecule has 0 saturated heterocycles. The van der Waals surface area contributed by atoms with Gasteiger partial charge in [0.2, 0.25) is 5.91 Å². The van der Waals surface area contributed by atoms with Crippen LogP contribution >= 0.6 is 11.8 Å². The van der Waals surface area contributed by atoms with Gasteiger partial charge in [-0.25, -0.2) is 8.42 Å². The van der Waals surface area contributed by atoms with Crippen LogP contribution < -0.4 is 9.62 Å². The highest BCUT2D eigenvalue weighted by atomic mass is 32.2. The Morgan fingerprint density at radius 1 is 1.03 bits per heavy atom. The molecule has 2 aromatic heterocycles. The largest absolute Gasteiger partial charge is 0.325 e. The molecule has 2 aromatic carbocycles. The van der Waals surface area contributed by atoms with Gasteiger partial charge in [0.1, 0.15) is 0 Å². The standard InChI is InChI=1S/C21H19N5O3S2/c1-25(17-9-3-2-4-10-17)31(28,29)18-11-7-8-16(14-18)22-20(27)15-30-21-24-23-19-12-5-6-13-26(19)21/h2-14H,15H2,1H3,(H,22,27). The molecule has 0 radical (unpaired) electrons. The molecular weight excluding hydrogens is 434 g/mol. The summed E-state index contributed by atoms with van der Waals surface area (Å²) in [7, 11) is -2.27. The molecule has 0 atom stereocenters. The Kier molecular flexibility index (Phi) is 5.92. The fraction of sp³-hybridized carbons (Fsp3) is 0.0952. The molecule has 4 rings (SSSR count). The van der Waals surface area contributed by atoms with Crippen LogP contribution in [-0.4, -0.2) is 41.7 Å². The van der Waals surface area contributed by atoms with E-state index in [2.05, 4.69) is 15.5 Å². The van der Waals surface area contributed by atoms with Gasteiger partial charge in [-0.05, 0) is 42.5 Å². The Balaban J connectivity index is 1.45. The third-order valence-corrected chi connectivity index (χ3v) is 7.24. The maximum atomic E-state index is 13.0. The van der Waals surface area contributed by atoms with Crippen LogP contribution in [0.25, 0.3) is 5.65 Å². The summed E-state index contributed by atoms with van der Waals surface area (Å²) in [5.41, 5.74) is 1.65. The van der Waals surface area contributed by atoms with Gasteiger partial charge in [-0.3, -0.25) is 13.5 Å². The molecule has 31 heavy (non-hydrogen) atoms. The van der Waals surface area contributed by atoms with Crippen LogP contribution in [0, 0.1) is 0 Å². The molecule has 10 heteroatoms. The second-order valence-electron chi connectivity index (χ2n) is 6.58. The first-order valence-electron chi connectivity index (χ1n) is 9.31. The summed E-state index contributed by atoms with van der Waals surface area (Å²) >= 11 is 1.25. The lowest BCUT2D eigenvalue weighted by Gasteiger charge is -2.19. The van der Waals surface area contributed by atoms with E-state index in [9.17, 15) is 13.2 Å². The van der Waals surface area contributed by atoms with Gasteiger partial charge >= 0.3 is 0 Å². The average molecular weight is 454 g/mol. The van der Waals surface area contributed by atoms with Crippen molar-refractivity contribution in [2.24, 2.45) is 0 Å². The number of carbonyl (C=O) groups excluding carboxylic acids is 1. The first-order valence-corrected chi connectivity index (χ1v) is 11.7. The number of para-hydroxylation sites is 1. The van der Waals surface area contributed by atoms with Crippen molar-refractivity contribution < 1.29 is 13.2 Å². The summed E-state index contributed by atoms with van der Waals surface area (Å²) in [6.07, 6.45) is 1.83. The average Bonchev–Trinajstić information content (AvgIpc) is 3.21. The van der Waals surface area contributed by atoms with Crippen LogP contribution in [0.15, 0.2) is 89.0 Å². The van der Waals surface area contributed by atoms with E-state index < -0.39 is 10.0 Å². The monoisotopic (exact) mass is 453 g/mol. The number of nitrogens with one attached hydrogen (secondary N) is 1. The van der Waals surface area contributed by atoms with E-state index in [1.807, 2.05) is 30.5 Å². The van der Waals surface area contributed by atoms with Gasteiger partial charge in [-0.2, -0.15) is 0 Å². The van der Waals surface area contributed by atoms with Crippen LogP contribution in [0.4, 0.5) is 11.4 Å². The number of hydrogen-bond donors (Lipinski definition) is 1. The second kappa shape index (κ2) is 8.78. The number of fused-ring (bicyclic) bond motifs is 1. The van der Waals surface area contributed by atoms with Crippen molar-refractivity contribution in [3.63, 3.8) is 0 Å². The van der Waals surface area contributed by atoms with Gasteiger partial charge in [0, 0.05) is 18.9 Å². The lowest BCUT2D eigenvalue weighted by Crippen LogP contribution is -2.26. The van der Waals surface area contributed by atoms with Gasteiger partial charge in [-0.1, -0.05) is 42.1 Å². The maximum absolute atomic E-state index is 13.0. The van der Waals surface area contributed by atoms with E-state index in [-0.39, 0.29) is 16.6 Å². The molecule has 0 aliphatic rings. The molecule has 0 saturated carbocycles. The summed E-state index contributed by atoms with van der Waals surface area (Å²) in [4.78, 5) is 12.5. The predicted octanol–water partition coefficient (Wildman–Crippen LogP) is 3.29. The predicted molar refractivity (Wildman–Crippen MR) is 121 cm³/mol. The SMILES string of the molecule is CN(c1ccccc1)S(=O)(=O)c1cccc(NC(=O)CSc2nnc3ccccn23)c1. The highest BCUT2D eigenvalue weighted by molar-refractivity contribution is 7.99. The summed E-state index contributed by atoms with van der Waals surface area (Å²) in [6.45, 7) is 0. The number of anilines is 2. The quantitative estimate of drug-likeness (QED) is 0.432. The first kappa shape index (κ1) is 20.9. The highest BCUT2D eigenvalue weighted by Crippen LogP contribution is 2.24. The maximum Gasteiger partial charge on any atom is 0.264 e. The van der Waals surface area contributed by atoms with Crippen molar-refractivity contribution in [3.05, 3.63) is 79.0 Å². The van der Waals surface area contributed by atoms with Crippen molar-refractivity contribution in [2.45, 2.75) is 10.1 Å². The number of thioether (sulfide) groups is 1. The topological polar surface area (TPSA) is 96.7 Å². The number of nitrogens with zero attached hydrogens (tertiary/aromatic N) is 4. The van der Waals surface area contributed by atoms with E-state index in [1.165, 1.54) is 35.2 Å². The number of sulfonamides is 1. The Morgan fingerprint density at radius 2 is 1.81 bits per heavy atom. The number of benzene rings is 2. The molecule has 2 heterocycles. The molecule has 4 aromatic rings.